The third kappa shape index (κ3) is 3.04. The lowest BCUT2D eigenvalue weighted by Crippen LogP contribution is -2.33. The second-order valence-corrected chi connectivity index (χ2v) is 5.99. The summed E-state index contributed by atoms with van der Waals surface area (Å²) in [5.41, 5.74) is 1.01. The molecule has 0 spiro atoms. The lowest BCUT2D eigenvalue weighted by Gasteiger charge is -2.18. The molecule has 0 aliphatic rings. The van der Waals surface area contributed by atoms with Crippen LogP contribution in [-0.2, 0) is 10.0 Å². The van der Waals surface area contributed by atoms with E-state index in [1.807, 2.05) is 6.92 Å². The first-order chi connectivity index (χ1) is 7.34. The van der Waals surface area contributed by atoms with E-state index in [-0.39, 0.29) is 11.4 Å². The van der Waals surface area contributed by atoms with Gasteiger partial charge in [0.15, 0.2) is 0 Å². The van der Waals surface area contributed by atoms with E-state index in [0.717, 1.165) is 9.87 Å². The van der Waals surface area contributed by atoms with E-state index in [1.54, 1.807) is 31.2 Å². The maximum Gasteiger partial charge on any atom is 0.242 e. The standard InChI is InChI=1S/C11H17NO3S/c1-9-4-6-11(7-5-9)16(14,15)12(3)8-10(2)13/h4-7,10,13H,8H2,1-3H3. The van der Waals surface area contributed by atoms with Crippen LogP contribution < -0.4 is 0 Å². The number of aryl methyl sites for hydroxylation is 1. The molecule has 0 saturated carbocycles. The van der Waals surface area contributed by atoms with Crippen LogP contribution >= 0.6 is 0 Å². The van der Waals surface area contributed by atoms with Crippen LogP contribution in [0.1, 0.15) is 12.5 Å². The number of sulfonamides is 1. The first-order valence-electron chi connectivity index (χ1n) is 5.05. The summed E-state index contributed by atoms with van der Waals surface area (Å²) < 4.78 is 25.1. The van der Waals surface area contributed by atoms with Crippen molar-refractivity contribution < 1.29 is 13.5 Å². The van der Waals surface area contributed by atoms with Gasteiger partial charge in [-0.2, -0.15) is 4.31 Å². The van der Waals surface area contributed by atoms with Crippen LogP contribution in [0.25, 0.3) is 0 Å². The topological polar surface area (TPSA) is 57.6 Å². The molecule has 5 heteroatoms. The molecule has 1 rings (SSSR count). The highest BCUT2D eigenvalue weighted by atomic mass is 32.2. The number of aliphatic hydroxyl groups is 1. The monoisotopic (exact) mass is 243 g/mol. The Morgan fingerprint density at radius 2 is 1.81 bits per heavy atom. The molecule has 0 saturated heterocycles. The zero-order chi connectivity index (χ0) is 12.3. The Bertz CT molecular complexity index is 437. The normalized spacial score (nSPS) is 14.1. The Labute approximate surface area is 96.6 Å². The fraction of sp³-hybridized carbons (Fsp3) is 0.455. The van der Waals surface area contributed by atoms with Crippen LogP contribution in [-0.4, -0.2) is 37.5 Å². The van der Waals surface area contributed by atoms with Gasteiger partial charge in [-0.05, 0) is 26.0 Å². The number of nitrogens with zero attached hydrogens (tertiary/aromatic N) is 1. The Balaban J connectivity index is 2.97. The molecule has 1 aromatic rings. The van der Waals surface area contributed by atoms with Gasteiger partial charge in [-0.25, -0.2) is 8.42 Å². The molecule has 1 atom stereocenters. The second kappa shape index (κ2) is 4.95. The van der Waals surface area contributed by atoms with Gasteiger partial charge in [0, 0.05) is 13.6 Å². The van der Waals surface area contributed by atoms with Crippen molar-refractivity contribution in [3.8, 4) is 0 Å². The van der Waals surface area contributed by atoms with E-state index in [1.165, 1.54) is 7.05 Å². The Morgan fingerprint density at radius 1 is 1.31 bits per heavy atom. The number of likely N-dealkylation sites (N-methyl/N-ethyl adjacent to an activating group) is 1. The minimum Gasteiger partial charge on any atom is -0.392 e. The minimum atomic E-state index is -3.48. The zero-order valence-electron chi connectivity index (χ0n) is 9.71. The first-order valence-corrected chi connectivity index (χ1v) is 6.49. The molecular weight excluding hydrogens is 226 g/mol. The van der Waals surface area contributed by atoms with Crippen LogP contribution in [0.4, 0.5) is 0 Å². The third-order valence-corrected chi connectivity index (χ3v) is 4.09. The summed E-state index contributed by atoms with van der Waals surface area (Å²) in [5.74, 6) is 0. The van der Waals surface area contributed by atoms with Crippen LogP contribution in [0.15, 0.2) is 29.2 Å². The number of aliphatic hydroxyl groups excluding tert-OH is 1. The van der Waals surface area contributed by atoms with Gasteiger partial charge in [-0.3, -0.25) is 0 Å². The molecule has 1 unspecified atom stereocenters. The summed E-state index contributed by atoms with van der Waals surface area (Å²) in [7, 11) is -2.02. The van der Waals surface area contributed by atoms with Gasteiger partial charge in [-0.1, -0.05) is 17.7 Å². The van der Waals surface area contributed by atoms with Crippen molar-refractivity contribution in [2.24, 2.45) is 0 Å². The van der Waals surface area contributed by atoms with Gasteiger partial charge < -0.3 is 5.11 Å². The van der Waals surface area contributed by atoms with Crippen molar-refractivity contribution in [2.45, 2.75) is 24.8 Å². The van der Waals surface area contributed by atoms with Crippen molar-refractivity contribution in [2.75, 3.05) is 13.6 Å². The summed E-state index contributed by atoms with van der Waals surface area (Å²) >= 11 is 0. The number of rotatable bonds is 4. The molecule has 0 aliphatic heterocycles. The molecule has 90 valence electrons. The average molecular weight is 243 g/mol. The molecule has 0 fully saturated rings. The van der Waals surface area contributed by atoms with Crippen molar-refractivity contribution in [3.05, 3.63) is 29.8 Å². The van der Waals surface area contributed by atoms with Gasteiger partial charge in [0.2, 0.25) is 10.0 Å². The molecule has 0 radical (unpaired) electrons. The van der Waals surface area contributed by atoms with Gasteiger partial charge in [0.05, 0.1) is 11.0 Å². The largest absolute Gasteiger partial charge is 0.392 e. The van der Waals surface area contributed by atoms with E-state index in [0.29, 0.717) is 0 Å². The predicted octanol–water partition coefficient (Wildman–Crippen LogP) is 0.996. The van der Waals surface area contributed by atoms with Gasteiger partial charge in [0.1, 0.15) is 0 Å². The maximum atomic E-state index is 12.0. The SMILES string of the molecule is Cc1ccc(S(=O)(=O)N(C)CC(C)O)cc1. The lowest BCUT2D eigenvalue weighted by molar-refractivity contribution is 0.171. The molecule has 0 amide bonds. The summed E-state index contributed by atoms with van der Waals surface area (Å²) in [4.78, 5) is 0.251. The Hall–Kier alpha value is -0.910. The van der Waals surface area contributed by atoms with Crippen molar-refractivity contribution in [3.63, 3.8) is 0 Å². The zero-order valence-corrected chi connectivity index (χ0v) is 10.5. The molecule has 0 aliphatic carbocycles. The highest BCUT2D eigenvalue weighted by Gasteiger charge is 2.21. The van der Waals surface area contributed by atoms with Crippen molar-refractivity contribution in [1.82, 2.24) is 4.31 Å². The molecule has 1 aromatic carbocycles. The van der Waals surface area contributed by atoms with E-state index in [2.05, 4.69) is 0 Å². The van der Waals surface area contributed by atoms with E-state index in [4.69, 9.17) is 0 Å². The lowest BCUT2D eigenvalue weighted by atomic mass is 10.2. The molecule has 0 bridgehead atoms. The number of hydrogen-bond acceptors (Lipinski definition) is 3. The summed E-state index contributed by atoms with van der Waals surface area (Å²) in [5, 5.41) is 9.17. The van der Waals surface area contributed by atoms with E-state index in [9.17, 15) is 13.5 Å². The van der Waals surface area contributed by atoms with Crippen molar-refractivity contribution in [1.29, 1.82) is 0 Å². The van der Waals surface area contributed by atoms with Crippen LogP contribution in [0.3, 0.4) is 0 Å². The van der Waals surface area contributed by atoms with Gasteiger partial charge >= 0.3 is 0 Å². The van der Waals surface area contributed by atoms with E-state index < -0.39 is 16.1 Å². The van der Waals surface area contributed by atoms with Crippen LogP contribution in [0, 0.1) is 6.92 Å². The molecule has 16 heavy (non-hydrogen) atoms. The Morgan fingerprint density at radius 3 is 2.25 bits per heavy atom. The van der Waals surface area contributed by atoms with Gasteiger partial charge in [0.25, 0.3) is 0 Å². The summed E-state index contributed by atoms with van der Waals surface area (Å²) in [6, 6.07) is 6.65. The molecule has 0 aromatic heterocycles. The van der Waals surface area contributed by atoms with Crippen LogP contribution in [0.2, 0.25) is 0 Å². The fourth-order valence-electron chi connectivity index (χ4n) is 1.36. The quantitative estimate of drug-likeness (QED) is 0.858. The highest BCUT2D eigenvalue weighted by Crippen LogP contribution is 2.14. The molecular formula is C11H17NO3S. The minimum absolute atomic E-state index is 0.0935. The van der Waals surface area contributed by atoms with Gasteiger partial charge in [-0.15, -0.1) is 0 Å². The fourth-order valence-corrected chi connectivity index (χ4v) is 2.61. The third-order valence-electron chi connectivity index (χ3n) is 2.25. The molecule has 1 N–H and O–H groups in total. The Kier molecular flexibility index (Phi) is 4.07. The molecule has 4 nitrogen and oxygen atoms in total. The number of hydrogen-bond donors (Lipinski definition) is 1. The molecule has 0 heterocycles. The number of benzene rings is 1. The average Bonchev–Trinajstić information content (AvgIpc) is 2.17. The highest BCUT2D eigenvalue weighted by molar-refractivity contribution is 7.89. The summed E-state index contributed by atoms with van der Waals surface area (Å²) in [6.07, 6.45) is -0.676. The van der Waals surface area contributed by atoms with Crippen molar-refractivity contribution >= 4 is 10.0 Å². The van der Waals surface area contributed by atoms with E-state index >= 15 is 0 Å². The predicted molar refractivity (Wildman–Crippen MR) is 62.7 cm³/mol. The first kappa shape index (κ1) is 13.2. The maximum absolute atomic E-state index is 12.0. The smallest absolute Gasteiger partial charge is 0.242 e. The summed E-state index contributed by atoms with van der Waals surface area (Å²) in [6.45, 7) is 3.55. The van der Waals surface area contributed by atoms with Crippen LogP contribution in [0.5, 0.6) is 0 Å². The second-order valence-electron chi connectivity index (χ2n) is 3.95.